The van der Waals surface area contributed by atoms with E-state index in [1.54, 1.807) is 0 Å². The largest absolute Gasteiger partial charge is 0.341 e. The quantitative estimate of drug-likeness (QED) is 0.761. The molecule has 0 aliphatic carbocycles. The summed E-state index contributed by atoms with van der Waals surface area (Å²) in [6.45, 7) is 10.6. The molecule has 0 saturated heterocycles. The van der Waals surface area contributed by atoms with E-state index >= 15 is 0 Å². The normalized spacial score (nSPS) is 11.4. The fraction of sp³-hybridized carbons (Fsp3) is 0.769. The average Bonchev–Trinajstić information content (AvgIpc) is 2.26. The molecule has 0 aromatic carbocycles. The number of rotatable bonds is 7. The summed E-state index contributed by atoms with van der Waals surface area (Å²) in [4.78, 5) is 14.3. The van der Waals surface area contributed by atoms with E-state index in [9.17, 15) is 0 Å². The van der Waals surface area contributed by atoms with Crippen LogP contribution < -0.4 is 4.90 Å². The Morgan fingerprint density at radius 1 is 0.842 bits per heavy atom. The zero-order chi connectivity index (χ0) is 14.4. The summed E-state index contributed by atoms with van der Waals surface area (Å²) in [5.41, 5.74) is 0. The molecule has 0 amide bonds. The van der Waals surface area contributed by atoms with Gasteiger partial charge in [-0.3, -0.25) is 0 Å². The maximum absolute atomic E-state index is 5.85. The van der Waals surface area contributed by atoms with Crippen molar-refractivity contribution in [1.82, 2.24) is 15.0 Å². The molecule has 108 valence electrons. The predicted octanol–water partition coefficient (Wildman–Crippen LogP) is 4.08. The Hall–Kier alpha value is -0.610. The van der Waals surface area contributed by atoms with Gasteiger partial charge in [-0.2, -0.15) is 15.0 Å². The van der Waals surface area contributed by atoms with Crippen LogP contribution in [0.3, 0.4) is 0 Å². The molecule has 19 heavy (non-hydrogen) atoms. The molecule has 0 spiro atoms. The van der Waals surface area contributed by atoms with E-state index in [-0.39, 0.29) is 10.6 Å². The molecule has 1 aromatic rings. The first kappa shape index (κ1) is 16.4. The van der Waals surface area contributed by atoms with Gasteiger partial charge >= 0.3 is 0 Å². The van der Waals surface area contributed by atoms with Crippen molar-refractivity contribution in [3.05, 3.63) is 10.6 Å². The Morgan fingerprint density at radius 3 is 1.63 bits per heavy atom. The van der Waals surface area contributed by atoms with E-state index < -0.39 is 0 Å². The molecule has 4 nitrogen and oxygen atoms in total. The lowest BCUT2D eigenvalue weighted by atomic mass is 10.1. The van der Waals surface area contributed by atoms with E-state index in [0.29, 0.717) is 17.8 Å². The minimum atomic E-state index is 0.147. The minimum Gasteiger partial charge on any atom is -0.341 e. The van der Waals surface area contributed by atoms with Crippen molar-refractivity contribution in [3.8, 4) is 0 Å². The summed E-state index contributed by atoms with van der Waals surface area (Å²) < 4.78 is 0. The van der Waals surface area contributed by atoms with Gasteiger partial charge in [0.25, 0.3) is 0 Å². The topological polar surface area (TPSA) is 41.9 Å². The Balaban J connectivity index is 2.80. The first-order valence-corrected chi connectivity index (χ1v) is 7.46. The fourth-order valence-electron chi connectivity index (χ4n) is 1.60. The van der Waals surface area contributed by atoms with Crippen LogP contribution in [0.15, 0.2) is 0 Å². The summed E-state index contributed by atoms with van der Waals surface area (Å²) >= 11 is 11.7. The van der Waals surface area contributed by atoms with Gasteiger partial charge in [0.2, 0.25) is 16.5 Å². The van der Waals surface area contributed by atoms with Crippen molar-refractivity contribution in [1.29, 1.82) is 0 Å². The molecule has 6 heteroatoms. The number of hydrogen-bond donors (Lipinski definition) is 0. The van der Waals surface area contributed by atoms with Gasteiger partial charge < -0.3 is 4.90 Å². The Bertz CT molecular complexity index is 364. The van der Waals surface area contributed by atoms with Crippen LogP contribution in [0, 0.1) is 11.8 Å². The van der Waals surface area contributed by atoms with Crippen LogP contribution in [-0.2, 0) is 0 Å². The van der Waals surface area contributed by atoms with E-state index in [2.05, 4.69) is 47.5 Å². The molecule has 0 aliphatic heterocycles. The predicted molar refractivity (Wildman–Crippen MR) is 81.0 cm³/mol. The zero-order valence-electron chi connectivity index (χ0n) is 12.0. The molecule has 0 radical (unpaired) electrons. The van der Waals surface area contributed by atoms with Gasteiger partial charge in [-0.05, 0) is 47.9 Å². The number of anilines is 1. The SMILES string of the molecule is CC(C)CCN(CCC(C)C)c1nc(Cl)nc(Cl)n1. The van der Waals surface area contributed by atoms with E-state index in [1.807, 2.05) is 0 Å². The van der Waals surface area contributed by atoms with Gasteiger partial charge in [-0.15, -0.1) is 0 Å². The van der Waals surface area contributed by atoms with Crippen LogP contribution in [0.2, 0.25) is 10.6 Å². The van der Waals surface area contributed by atoms with Gasteiger partial charge in [0.05, 0.1) is 0 Å². The molecular formula is C13H22Cl2N4. The summed E-state index contributed by atoms with van der Waals surface area (Å²) in [7, 11) is 0. The third-order valence-electron chi connectivity index (χ3n) is 2.80. The molecule has 0 aliphatic rings. The lowest BCUT2D eigenvalue weighted by molar-refractivity contribution is 0.529. The van der Waals surface area contributed by atoms with E-state index in [0.717, 1.165) is 25.9 Å². The highest BCUT2D eigenvalue weighted by Gasteiger charge is 2.13. The van der Waals surface area contributed by atoms with E-state index in [1.165, 1.54) is 0 Å². The first-order valence-electron chi connectivity index (χ1n) is 6.70. The minimum absolute atomic E-state index is 0.147. The van der Waals surface area contributed by atoms with Crippen LogP contribution in [0.25, 0.3) is 0 Å². The van der Waals surface area contributed by atoms with Crippen LogP contribution in [-0.4, -0.2) is 28.0 Å². The molecule has 0 bridgehead atoms. The summed E-state index contributed by atoms with van der Waals surface area (Å²) in [5, 5.41) is 0.295. The molecule has 1 rings (SSSR count). The molecular weight excluding hydrogens is 283 g/mol. The fourth-order valence-corrected chi connectivity index (χ4v) is 1.95. The summed E-state index contributed by atoms with van der Waals surface area (Å²) in [6.07, 6.45) is 2.16. The second-order valence-electron chi connectivity index (χ2n) is 5.53. The average molecular weight is 305 g/mol. The Morgan fingerprint density at radius 2 is 1.26 bits per heavy atom. The summed E-state index contributed by atoms with van der Waals surface area (Å²) in [6, 6.07) is 0. The molecule has 1 heterocycles. The van der Waals surface area contributed by atoms with Gasteiger partial charge in [-0.1, -0.05) is 27.7 Å². The van der Waals surface area contributed by atoms with Crippen LogP contribution in [0.1, 0.15) is 40.5 Å². The van der Waals surface area contributed by atoms with Crippen LogP contribution >= 0.6 is 23.2 Å². The van der Waals surface area contributed by atoms with Crippen molar-refractivity contribution in [2.75, 3.05) is 18.0 Å². The third kappa shape index (κ3) is 6.39. The molecule has 0 N–H and O–H groups in total. The highest BCUT2D eigenvalue weighted by molar-refractivity contribution is 6.31. The van der Waals surface area contributed by atoms with Crippen LogP contribution in [0.5, 0.6) is 0 Å². The Kier molecular flexibility index (Phi) is 6.80. The monoisotopic (exact) mass is 304 g/mol. The lowest BCUT2D eigenvalue weighted by Gasteiger charge is -2.24. The molecule has 1 aromatic heterocycles. The van der Waals surface area contributed by atoms with Gasteiger partial charge in [-0.25, -0.2) is 0 Å². The van der Waals surface area contributed by atoms with Crippen molar-refractivity contribution >= 4 is 29.2 Å². The zero-order valence-corrected chi connectivity index (χ0v) is 13.5. The van der Waals surface area contributed by atoms with Crippen molar-refractivity contribution in [2.45, 2.75) is 40.5 Å². The van der Waals surface area contributed by atoms with E-state index in [4.69, 9.17) is 23.2 Å². The molecule has 0 unspecified atom stereocenters. The second kappa shape index (κ2) is 7.85. The van der Waals surface area contributed by atoms with Crippen molar-refractivity contribution in [3.63, 3.8) is 0 Å². The highest BCUT2D eigenvalue weighted by Crippen LogP contribution is 2.16. The second-order valence-corrected chi connectivity index (χ2v) is 6.20. The standard InChI is InChI=1S/C13H22Cl2N4/c1-9(2)5-7-19(8-6-10(3)4)13-17-11(14)16-12(15)18-13/h9-10H,5-8H2,1-4H3. The Labute approximate surface area is 125 Å². The lowest BCUT2D eigenvalue weighted by Crippen LogP contribution is -2.29. The molecule has 0 atom stereocenters. The highest BCUT2D eigenvalue weighted by atomic mass is 35.5. The van der Waals surface area contributed by atoms with Gasteiger partial charge in [0.1, 0.15) is 0 Å². The smallest absolute Gasteiger partial charge is 0.230 e. The van der Waals surface area contributed by atoms with Crippen molar-refractivity contribution in [2.24, 2.45) is 11.8 Å². The molecule has 0 fully saturated rings. The number of hydrogen-bond acceptors (Lipinski definition) is 4. The third-order valence-corrected chi connectivity index (χ3v) is 3.14. The maximum Gasteiger partial charge on any atom is 0.230 e. The van der Waals surface area contributed by atoms with Crippen LogP contribution in [0.4, 0.5) is 5.95 Å². The first-order chi connectivity index (χ1) is 8.88. The van der Waals surface area contributed by atoms with Gasteiger partial charge in [0, 0.05) is 13.1 Å². The number of aromatic nitrogens is 3. The van der Waals surface area contributed by atoms with Gasteiger partial charge in [0.15, 0.2) is 0 Å². The summed E-state index contributed by atoms with van der Waals surface area (Å²) in [5.74, 6) is 1.84. The van der Waals surface area contributed by atoms with Crippen molar-refractivity contribution < 1.29 is 0 Å². The number of halogens is 2. The maximum atomic E-state index is 5.85. The number of nitrogens with zero attached hydrogens (tertiary/aromatic N) is 4. The molecule has 0 saturated carbocycles.